The Morgan fingerprint density at radius 1 is 1.08 bits per heavy atom. The van der Waals surface area contributed by atoms with Gasteiger partial charge in [0.2, 0.25) is 0 Å². The van der Waals surface area contributed by atoms with E-state index in [2.05, 4.69) is 5.32 Å². The van der Waals surface area contributed by atoms with Crippen molar-refractivity contribution in [3.8, 4) is 5.75 Å². The van der Waals surface area contributed by atoms with Crippen molar-refractivity contribution in [3.05, 3.63) is 29.8 Å². The molecule has 2 N–H and O–H groups in total. The Bertz CT molecular complexity index is 617. The monoisotopic (exact) mass is 335 g/mol. The van der Waals surface area contributed by atoms with Crippen molar-refractivity contribution in [2.45, 2.75) is 53.0 Å². The minimum Gasteiger partial charge on any atom is -0.481 e. The van der Waals surface area contributed by atoms with E-state index in [9.17, 15) is 19.5 Å². The fourth-order valence-electron chi connectivity index (χ4n) is 2.48. The normalized spacial score (nSPS) is 11.7. The van der Waals surface area contributed by atoms with E-state index < -0.39 is 16.9 Å². The quantitative estimate of drug-likeness (QED) is 0.590. The van der Waals surface area contributed by atoms with Crippen LogP contribution in [0, 0.1) is 5.41 Å². The summed E-state index contributed by atoms with van der Waals surface area (Å²) in [4.78, 5) is 34.8. The second-order valence-corrected chi connectivity index (χ2v) is 7.06. The van der Waals surface area contributed by atoms with E-state index in [1.807, 2.05) is 0 Å². The van der Waals surface area contributed by atoms with Crippen LogP contribution in [0.5, 0.6) is 5.75 Å². The van der Waals surface area contributed by atoms with Gasteiger partial charge in [-0.05, 0) is 58.4 Å². The molecule has 6 nitrogen and oxygen atoms in total. The number of carbonyl (C=O) groups is 3. The first-order chi connectivity index (χ1) is 11.0. The molecule has 0 aliphatic heterocycles. The lowest BCUT2D eigenvalue weighted by Crippen LogP contribution is -2.47. The van der Waals surface area contributed by atoms with Crippen molar-refractivity contribution in [1.29, 1.82) is 0 Å². The number of amides is 1. The average Bonchev–Trinajstić information content (AvgIpc) is 2.45. The van der Waals surface area contributed by atoms with Gasteiger partial charge in [-0.25, -0.2) is 0 Å². The molecular weight excluding hydrogens is 310 g/mol. The fourth-order valence-corrected chi connectivity index (χ4v) is 2.48. The van der Waals surface area contributed by atoms with E-state index in [-0.39, 0.29) is 24.7 Å². The first kappa shape index (κ1) is 19.7. The van der Waals surface area contributed by atoms with Gasteiger partial charge in [-0.3, -0.25) is 14.4 Å². The van der Waals surface area contributed by atoms with Crippen LogP contribution in [-0.4, -0.2) is 28.5 Å². The van der Waals surface area contributed by atoms with Crippen LogP contribution in [0.3, 0.4) is 0 Å². The second-order valence-electron chi connectivity index (χ2n) is 7.06. The van der Waals surface area contributed by atoms with Gasteiger partial charge in [0.15, 0.2) is 0 Å². The summed E-state index contributed by atoms with van der Waals surface area (Å²) < 4.78 is 5.06. The maximum atomic E-state index is 12.3. The first-order valence-electron chi connectivity index (χ1n) is 7.83. The zero-order valence-electron chi connectivity index (χ0n) is 14.8. The molecule has 132 valence electrons. The van der Waals surface area contributed by atoms with Crippen molar-refractivity contribution < 1.29 is 24.2 Å². The lowest BCUT2D eigenvalue weighted by Gasteiger charge is -2.33. The molecule has 0 saturated carbocycles. The Balaban J connectivity index is 2.76. The molecule has 0 fully saturated rings. The standard InChI is InChI=1S/C18H25NO5/c1-6-14(20)24-13-9-7-12(8-10-13)15(21)19-18(4,5)11-17(2,3)16(22)23/h7-10H,6,11H2,1-5H3,(H,19,21)(H,22,23). The minimum atomic E-state index is -0.949. The Morgan fingerprint density at radius 3 is 2.08 bits per heavy atom. The third kappa shape index (κ3) is 5.68. The first-order valence-corrected chi connectivity index (χ1v) is 7.83. The van der Waals surface area contributed by atoms with Gasteiger partial charge in [0, 0.05) is 17.5 Å². The van der Waals surface area contributed by atoms with E-state index in [1.165, 1.54) is 0 Å². The molecule has 0 bridgehead atoms. The maximum absolute atomic E-state index is 12.3. The Labute approximate surface area is 142 Å². The molecule has 0 radical (unpaired) electrons. The molecule has 0 atom stereocenters. The fraction of sp³-hybridized carbons (Fsp3) is 0.500. The molecule has 1 rings (SSSR count). The molecule has 0 aliphatic rings. The zero-order valence-corrected chi connectivity index (χ0v) is 14.8. The highest BCUT2D eigenvalue weighted by atomic mass is 16.5. The number of ether oxygens (including phenoxy) is 1. The number of nitrogens with one attached hydrogen (secondary N) is 1. The average molecular weight is 335 g/mol. The van der Waals surface area contributed by atoms with Crippen molar-refractivity contribution in [1.82, 2.24) is 5.32 Å². The number of carbonyl (C=O) groups excluding carboxylic acids is 2. The molecule has 1 aromatic carbocycles. The van der Waals surface area contributed by atoms with Crippen LogP contribution in [0.1, 0.15) is 57.8 Å². The number of rotatable bonds is 7. The van der Waals surface area contributed by atoms with Crippen molar-refractivity contribution in [2.24, 2.45) is 5.41 Å². The van der Waals surface area contributed by atoms with Crippen LogP contribution in [0.2, 0.25) is 0 Å². The van der Waals surface area contributed by atoms with Crippen molar-refractivity contribution in [3.63, 3.8) is 0 Å². The van der Waals surface area contributed by atoms with E-state index >= 15 is 0 Å². The number of hydrogen-bond donors (Lipinski definition) is 2. The summed E-state index contributed by atoms with van der Waals surface area (Å²) in [7, 11) is 0. The number of carboxylic acid groups (broad SMARTS) is 1. The van der Waals surface area contributed by atoms with Gasteiger partial charge in [-0.15, -0.1) is 0 Å². The maximum Gasteiger partial charge on any atom is 0.310 e. The Kier molecular flexibility index (Phi) is 6.12. The Morgan fingerprint density at radius 2 is 1.62 bits per heavy atom. The van der Waals surface area contributed by atoms with Gasteiger partial charge in [-0.2, -0.15) is 0 Å². The van der Waals surface area contributed by atoms with Gasteiger partial charge in [0.25, 0.3) is 5.91 Å². The highest BCUT2D eigenvalue weighted by Gasteiger charge is 2.35. The topological polar surface area (TPSA) is 92.7 Å². The lowest BCUT2D eigenvalue weighted by molar-refractivity contribution is -0.148. The number of carboxylic acids is 1. The zero-order chi connectivity index (χ0) is 18.5. The van der Waals surface area contributed by atoms with Gasteiger partial charge in [-0.1, -0.05) is 6.92 Å². The lowest BCUT2D eigenvalue weighted by atomic mass is 9.80. The van der Waals surface area contributed by atoms with Gasteiger partial charge in [0.05, 0.1) is 5.41 Å². The smallest absolute Gasteiger partial charge is 0.310 e. The summed E-state index contributed by atoms with van der Waals surface area (Å²) in [6.45, 7) is 8.52. The molecule has 24 heavy (non-hydrogen) atoms. The van der Waals surface area contributed by atoms with Crippen LogP contribution < -0.4 is 10.1 Å². The van der Waals surface area contributed by atoms with Gasteiger partial charge in [0.1, 0.15) is 5.75 Å². The number of aliphatic carboxylic acids is 1. The summed E-state index contributed by atoms with van der Waals surface area (Å²) in [5, 5.41) is 12.1. The summed E-state index contributed by atoms with van der Waals surface area (Å²) in [6, 6.07) is 6.23. The highest BCUT2D eigenvalue weighted by Crippen LogP contribution is 2.28. The molecule has 0 spiro atoms. The van der Waals surface area contributed by atoms with Crippen LogP contribution in [-0.2, 0) is 9.59 Å². The molecule has 6 heteroatoms. The predicted octanol–water partition coefficient (Wildman–Crippen LogP) is 3.01. The molecule has 0 aromatic heterocycles. The Hall–Kier alpha value is -2.37. The van der Waals surface area contributed by atoms with E-state index in [4.69, 9.17) is 4.74 Å². The van der Waals surface area contributed by atoms with E-state index in [0.717, 1.165) is 0 Å². The predicted molar refractivity (Wildman–Crippen MR) is 89.9 cm³/mol. The third-order valence-electron chi connectivity index (χ3n) is 3.55. The SMILES string of the molecule is CCC(=O)Oc1ccc(C(=O)NC(C)(C)CC(C)(C)C(=O)O)cc1. The van der Waals surface area contributed by atoms with Crippen LogP contribution in [0.4, 0.5) is 0 Å². The minimum absolute atomic E-state index is 0.274. The molecule has 0 unspecified atom stereocenters. The summed E-state index contributed by atoms with van der Waals surface area (Å²) in [5.74, 6) is -1.18. The second kappa shape index (κ2) is 7.47. The van der Waals surface area contributed by atoms with Crippen LogP contribution >= 0.6 is 0 Å². The van der Waals surface area contributed by atoms with Crippen molar-refractivity contribution in [2.75, 3.05) is 0 Å². The molecule has 0 aliphatic carbocycles. The van der Waals surface area contributed by atoms with Crippen LogP contribution in [0.25, 0.3) is 0 Å². The molecule has 0 saturated heterocycles. The molecule has 0 heterocycles. The van der Waals surface area contributed by atoms with Gasteiger partial charge < -0.3 is 15.2 Å². The molecule has 1 aromatic rings. The number of benzene rings is 1. The summed E-state index contributed by atoms with van der Waals surface area (Å²) >= 11 is 0. The van der Waals surface area contributed by atoms with Gasteiger partial charge >= 0.3 is 11.9 Å². The summed E-state index contributed by atoms with van der Waals surface area (Å²) in [6.07, 6.45) is 0.559. The largest absolute Gasteiger partial charge is 0.481 e. The molecular formula is C18H25NO5. The third-order valence-corrected chi connectivity index (χ3v) is 3.55. The van der Waals surface area contributed by atoms with Crippen LogP contribution in [0.15, 0.2) is 24.3 Å². The summed E-state index contributed by atoms with van der Waals surface area (Å²) in [5.41, 5.74) is -1.23. The highest BCUT2D eigenvalue weighted by molar-refractivity contribution is 5.94. The van der Waals surface area contributed by atoms with E-state index in [0.29, 0.717) is 11.3 Å². The molecule has 1 amide bonds. The van der Waals surface area contributed by atoms with Crippen molar-refractivity contribution >= 4 is 17.8 Å². The number of esters is 1. The van der Waals surface area contributed by atoms with E-state index in [1.54, 1.807) is 58.9 Å². The number of hydrogen-bond acceptors (Lipinski definition) is 4.